The van der Waals surface area contributed by atoms with Crippen molar-refractivity contribution in [1.82, 2.24) is 15.5 Å². The van der Waals surface area contributed by atoms with Crippen molar-refractivity contribution in [2.45, 2.75) is 56.7 Å². The summed E-state index contributed by atoms with van der Waals surface area (Å²) in [5.41, 5.74) is 1.06. The van der Waals surface area contributed by atoms with Crippen LogP contribution in [0.25, 0.3) is 0 Å². The summed E-state index contributed by atoms with van der Waals surface area (Å²) in [7, 11) is 0. The summed E-state index contributed by atoms with van der Waals surface area (Å²) in [6.07, 6.45) is 2.55. The van der Waals surface area contributed by atoms with Gasteiger partial charge in [-0.1, -0.05) is 0 Å². The summed E-state index contributed by atoms with van der Waals surface area (Å²) in [5.74, 6) is -1.15. The second-order valence-corrected chi connectivity index (χ2v) is 8.62. The minimum atomic E-state index is -0.733. The fourth-order valence-corrected chi connectivity index (χ4v) is 4.31. The smallest absolute Gasteiger partial charge is 0.407 e. The van der Waals surface area contributed by atoms with Gasteiger partial charge in [-0.25, -0.2) is 13.6 Å². The molecule has 2 atom stereocenters. The van der Waals surface area contributed by atoms with E-state index in [0.29, 0.717) is 37.5 Å². The molecule has 2 aromatic rings. The number of aliphatic hydroxyl groups excluding tert-OH is 1. The third kappa shape index (κ3) is 5.82. The Labute approximate surface area is 183 Å². The highest BCUT2D eigenvalue weighted by atomic mass is 19.1. The van der Waals surface area contributed by atoms with Gasteiger partial charge in [0.1, 0.15) is 17.7 Å². The molecule has 4 rings (SSSR count). The molecule has 2 saturated carbocycles. The summed E-state index contributed by atoms with van der Waals surface area (Å²) in [4.78, 5) is 24.1. The first-order chi connectivity index (χ1) is 15.3. The van der Waals surface area contributed by atoms with Crippen LogP contribution in [0, 0.1) is 17.6 Å². The van der Waals surface area contributed by atoms with Gasteiger partial charge in [0.25, 0.3) is 0 Å². The molecular weight excluding hydrogens is 422 g/mol. The van der Waals surface area contributed by atoms with Crippen molar-refractivity contribution in [2.75, 3.05) is 11.9 Å². The predicted octanol–water partition coefficient (Wildman–Crippen LogP) is 3.00. The van der Waals surface area contributed by atoms with Gasteiger partial charge in [0.2, 0.25) is 5.91 Å². The molecule has 2 aliphatic rings. The van der Waals surface area contributed by atoms with Crippen molar-refractivity contribution in [3.05, 3.63) is 47.2 Å². The number of halogens is 2. The van der Waals surface area contributed by atoms with Gasteiger partial charge in [0, 0.05) is 30.3 Å². The average Bonchev–Trinajstić information content (AvgIpc) is 3.32. The minimum Gasteiger partial charge on any atom is -0.446 e. The zero-order valence-electron chi connectivity index (χ0n) is 17.4. The maximum absolute atomic E-state index is 13.3. The molecule has 0 radical (unpaired) electrons. The molecule has 0 aliphatic heterocycles. The normalized spacial score (nSPS) is 24.6. The van der Waals surface area contributed by atoms with Crippen molar-refractivity contribution in [2.24, 2.45) is 5.92 Å². The molecule has 0 saturated heterocycles. The molecule has 1 heterocycles. The van der Waals surface area contributed by atoms with Crippen LogP contribution in [-0.2, 0) is 16.0 Å². The van der Waals surface area contributed by atoms with Crippen LogP contribution in [0.15, 0.2) is 24.3 Å². The number of amides is 2. The molecule has 8 nitrogen and oxygen atoms in total. The van der Waals surface area contributed by atoms with E-state index in [-0.39, 0.29) is 30.1 Å². The first-order valence-electron chi connectivity index (χ1n) is 10.8. The molecule has 4 N–H and O–H groups in total. The third-order valence-electron chi connectivity index (χ3n) is 6.00. The van der Waals surface area contributed by atoms with Crippen molar-refractivity contribution in [3.8, 4) is 0 Å². The highest BCUT2D eigenvalue weighted by molar-refractivity contribution is 5.91. The topological polar surface area (TPSA) is 116 Å². The number of hydrogen-bond donors (Lipinski definition) is 4. The number of nitrogens with zero attached hydrogens (tertiary/aromatic N) is 1. The number of hydrogen-bond acceptors (Lipinski definition) is 5. The Hall–Kier alpha value is -3.01. The summed E-state index contributed by atoms with van der Waals surface area (Å²) < 4.78 is 32.0. The maximum Gasteiger partial charge on any atom is 0.407 e. The molecule has 32 heavy (non-hydrogen) atoms. The lowest BCUT2D eigenvalue weighted by molar-refractivity contribution is -0.115. The molecule has 0 bridgehead atoms. The van der Waals surface area contributed by atoms with Gasteiger partial charge >= 0.3 is 6.09 Å². The number of benzene rings is 1. The van der Waals surface area contributed by atoms with Crippen molar-refractivity contribution in [3.63, 3.8) is 0 Å². The lowest BCUT2D eigenvalue weighted by atomic mass is 9.82. The SMILES string of the molecule is O=C(Cc1cc(F)cc(F)c1)Nc1cc([C@@H]2CC[C@H](OC(=O)NC[C@H]3C[C@H](O)C3)C2)[nH]n1. The van der Waals surface area contributed by atoms with Gasteiger partial charge in [-0.3, -0.25) is 9.89 Å². The molecular formula is C22H26F2N4O4. The lowest BCUT2D eigenvalue weighted by Crippen LogP contribution is -2.39. The van der Waals surface area contributed by atoms with Gasteiger partial charge in [0.05, 0.1) is 12.5 Å². The van der Waals surface area contributed by atoms with Crippen molar-refractivity contribution < 1.29 is 28.2 Å². The van der Waals surface area contributed by atoms with E-state index in [2.05, 4.69) is 20.8 Å². The van der Waals surface area contributed by atoms with Crippen LogP contribution in [0.2, 0.25) is 0 Å². The monoisotopic (exact) mass is 448 g/mol. The Morgan fingerprint density at radius 3 is 2.59 bits per heavy atom. The van der Waals surface area contributed by atoms with Gasteiger partial charge < -0.3 is 20.5 Å². The number of alkyl carbamates (subject to hydrolysis) is 1. The maximum atomic E-state index is 13.3. The van der Waals surface area contributed by atoms with Crippen molar-refractivity contribution in [1.29, 1.82) is 0 Å². The van der Waals surface area contributed by atoms with Crippen LogP contribution >= 0.6 is 0 Å². The zero-order chi connectivity index (χ0) is 22.7. The zero-order valence-corrected chi connectivity index (χ0v) is 17.4. The van der Waals surface area contributed by atoms with E-state index in [1.807, 2.05) is 0 Å². The third-order valence-corrected chi connectivity index (χ3v) is 6.00. The second kappa shape index (κ2) is 9.64. The van der Waals surface area contributed by atoms with E-state index in [4.69, 9.17) is 4.74 Å². The first kappa shape index (κ1) is 22.2. The Bertz CT molecular complexity index is 956. The molecule has 10 heteroatoms. The van der Waals surface area contributed by atoms with E-state index in [1.165, 1.54) is 0 Å². The number of aliphatic hydroxyl groups is 1. The van der Waals surface area contributed by atoms with Crippen molar-refractivity contribution >= 4 is 17.8 Å². The number of nitrogens with one attached hydrogen (secondary N) is 3. The van der Waals surface area contributed by atoms with Crippen LogP contribution in [0.3, 0.4) is 0 Å². The molecule has 0 unspecified atom stereocenters. The average molecular weight is 448 g/mol. The minimum absolute atomic E-state index is 0.116. The molecule has 2 amide bonds. The molecule has 172 valence electrons. The van der Waals surface area contributed by atoms with E-state index in [0.717, 1.165) is 36.7 Å². The molecule has 1 aromatic heterocycles. The molecule has 0 spiro atoms. The second-order valence-electron chi connectivity index (χ2n) is 8.62. The Balaban J connectivity index is 1.22. The summed E-state index contributed by atoms with van der Waals surface area (Å²) >= 11 is 0. The Morgan fingerprint density at radius 1 is 1.12 bits per heavy atom. The standard InChI is InChI=1S/C22H26F2N4O4/c23-15-3-12(4-16(24)9-15)7-21(30)26-20-10-19(27-28-20)14-1-2-18(8-14)32-22(31)25-11-13-5-17(29)6-13/h3-4,9-10,13-14,17-18,29H,1-2,5-8,11H2,(H,25,31)(H2,26,27,28,30)/t13-,14-,17-,18+/m1/s1. The number of anilines is 1. The number of aromatic nitrogens is 2. The van der Waals surface area contributed by atoms with E-state index in [1.54, 1.807) is 6.07 Å². The van der Waals surface area contributed by atoms with E-state index < -0.39 is 23.6 Å². The number of rotatable bonds is 7. The van der Waals surface area contributed by atoms with Gasteiger partial charge in [0.15, 0.2) is 5.82 Å². The highest BCUT2D eigenvalue weighted by Crippen LogP contribution is 2.36. The molecule has 2 fully saturated rings. The molecule has 1 aromatic carbocycles. The fraction of sp³-hybridized carbons (Fsp3) is 0.500. The lowest BCUT2D eigenvalue weighted by Gasteiger charge is -2.31. The predicted molar refractivity (Wildman–Crippen MR) is 111 cm³/mol. The van der Waals surface area contributed by atoms with Gasteiger partial charge in [-0.05, 0) is 55.7 Å². The number of H-pyrrole nitrogens is 1. The van der Waals surface area contributed by atoms with Crippen LogP contribution in [0.1, 0.15) is 49.3 Å². The Kier molecular flexibility index (Phi) is 6.69. The van der Waals surface area contributed by atoms with Crippen LogP contribution in [-0.4, -0.2) is 46.1 Å². The number of ether oxygens (including phenoxy) is 1. The van der Waals surface area contributed by atoms with Crippen LogP contribution in [0.4, 0.5) is 19.4 Å². The van der Waals surface area contributed by atoms with E-state index in [9.17, 15) is 23.5 Å². The number of carbonyl (C=O) groups is 2. The quantitative estimate of drug-likeness (QED) is 0.520. The van der Waals surface area contributed by atoms with Crippen LogP contribution in [0.5, 0.6) is 0 Å². The largest absolute Gasteiger partial charge is 0.446 e. The summed E-state index contributed by atoms with van der Waals surface area (Å²) in [6, 6.07) is 4.70. The fourth-order valence-electron chi connectivity index (χ4n) is 4.31. The molecule has 2 aliphatic carbocycles. The van der Waals surface area contributed by atoms with E-state index >= 15 is 0 Å². The van der Waals surface area contributed by atoms with Gasteiger partial charge in [-0.15, -0.1) is 0 Å². The highest BCUT2D eigenvalue weighted by Gasteiger charge is 2.31. The number of carbonyl (C=O) groups excluding carboxylic acids is 2. The Morgan fingerprint density at radius 2 is 1.88 bits per heavy atom. The summed E-state index contributed by atoms with van der Waals surface area (Å²) in [6.45, 7) is 0.512. The van der Waals surface area contributed by atoms with Gasteiger partial charge in [-0.2, -0.15) is 5.10 Å². The summed E-state index contributed by atoms with van der Waals surface area (Å²) in [5, 5.41) is 21.6. The van der Waals surface area contributed by atoms with Crippen LogP contribution < -0.4 is 10.6 Å². The number of aromatic amines is 1. The first-order valence-corrected chi connectivity index (χ1v) is 10.8.